The Balaban J connectivity index is -0.0000000213. The van der Waals surface area contributed by atoms with Gasteiger partial charge >= 0.3 is 134 Å². The van der Waals surface area contributed by atoms with Gasteiger partial charge in [-0.2, -0.15) is 18.3 Å². The number of hydrogen-bond donors (Lipinski definition) is 3. The van der Waals surface area contributed by atoms with Gasteiger partial charge in [-0.05, 0) is 0 Å². The Morgan fingerprint density at radius 3 is 0.429 bits per heavy atom. The molecule has 3 N–H and O–H groups in total. The van der Waals surface area contributed by atoms with Gasteiger partial charge < -0.3 is 41.0 Å². The predicted octanol–water partition coefficient (Wildman–Crippen LogP) is -11.1. The van der Waals surface area contributed by atoms with Gasteiger partial charge in [0.25, 0.3) is 0 Å². The monoisotopic (exact) mass is 744 g/mol. The van der Waals surface area contributed by atoms with Gasteiger partial charge in [0, 0.05) is 41.6 Å². The molecule has 0 aliphatic heterocycles. The van der Waals surface area contributed by atoms with Crippen LogP contribution in [0.4, 0.5) is 0 Å². The predicted molar refractivity (Wildman–Crippen MR) is 96.8 cm³/mol. The number of hydrogen-bond acceptors (Lipinski definition) is 21. The van der Waals surface area contributed by atoms with Gasteiger partial charge in [0.1, 0.15) is 0 Å². The molecule has 0 aromatic carbocycles. The summed E-state index contributed by atoms with van der Waals surface area (Å²) >= 11 is 0. The van der Waals surface area contributed by atoms with E-state index in [1.807, 2.05) is 0 Å². The maximum absolute atomic E-state index is 8.74. The minimum Gasteiger partial charge on any atom is -0.759 e. The van der Waals surface area contributed by atoms with E-state index in [9.17, 15) is 0 Å². The fraction of sp³-hybridized carbons (Fsp3) is 0. The Morgan fingerprint density at radius 2 is 0.429 bits per heavy atom. The smallest absolute Gasteiger partial charge is 0.759 e. The zero-order valence-corrected chi connectivity index (χ0v) is 30.0. The third-order valence-corrected chi connectivity index (χ3v) is 0. The van der Waals surface area contributed by atoms with Crippen LogP contribution in [0.15, 0.2) is 0 Å². The zero-order valence-electron chi connectivity index (χ0n) is 16.0. The maximum atomic E-state index is 8.74. The van der Waals surface area contributed by atoms with E-state index >= 15 is 0 Å². The molecular weight excluding hydrogens is 739 g/mol. The topological polar surface area (TPSA) is 473 Å². The third-order valence-electron chi connectivity index (χ3n) is 0. The summed E-state index contributed by atoms with van der Waals surface area (Å²) in [5.74, 6) is 0. The molecule has 1 unspecified atom stereocenters. The summed E-state index contributed by atoms with van der Waals surface area (Å²) in [4.78, 5) is 0. The first-order valence-corrected chi connectivity index (χ1v) is 12.1. The fourth-order valence-corrected chi connectivity index (χ4v) is 0. The van der Waals surface area contributed by atoms with Gasteiger partial charge in [-0.25, -0.2) is 8.42 Å². The Kier molecular flexibility index (Phi) is 65.6. The minimum atomic E-state index is -5.17. The van der Waals surface area contributed by atoms with Crippen LogP contribution in [0.5, 0.6) is 0 Å². The van der Waals surface area contributed by atoms with Gasteiger partial charge in [0.15, 0.2) is 0 Å². The summed E-state index contributed by atoms with van der Waals surface area (Å²) < 4.78 is 201. The van der Waals surface area contributed by atoms with Gasteiger partial charge in [-0.15, -0.1) is 0 Å². The zero-order chi connectivity index (χ0) is 27.0. The van der Waals surface area contributed by atoms with E-state index in [0.717, 1.165) is 0 Å². The van der Waals surface area contributed by atoms with E-state index in [4.69, 9.17) is 105 Å². The van der Waals surface area contributed by atoms with E-state index in [0.29, 0.717) is 0 Å². The largest absolute Gasteiger partial charge is 4.00 e. The molecule has 1 atom stereocenters. The molecule has 24 nitrogen and oxygen atoms in total. The van der Waals surface area contributed by atoms with E-state index < -0.39 is 62.4 Å². The van der Waals surface area contributed by atoms with Crippen molar-refractivity contribution in [1.82, 2.24) is 0 Å². The molecule has 0 spiro atoms. The normalized spacial score (nSPS) is 9.94. The summed E-state index contributed by atoms with van der Waals surface area (Å²) in [6, 6.07) is 0. The first kappa shape index (κ1) is 71.6. The van der Waals surface area contributed by atoms with Crippen LogP contribution in [0.25, 0.3) is 0 Å². The van der Waals surface area contributed by atoms with Crippen LogP contribution < -0.4 is 51.4 Å². The molecule has 0 bridgehead atoms. The van der Waals surface area contributed by atoms with Crippen LogP contribution in [0, 0.1) is 0 Å². The molecule has 0 aliphatic rings. The van der Waals surface area contributed by atoms with Crippen LogP contribution in [0.1, 0.15) is 0 Å². The Hall–Kier alpha value is 3.53. The molecule has 35 heteroatoms. The van der Waals surface area contributed by atoms with Crippen molar-refractivity contribution in [3.63, 3.8) is 0 Å². The van der Waals surface area contributed by atoms with Gasteiger partial charge in [0.05, 0.1) is 0 Å². The molecule has 0 rings (SSSR count). The quantitative estimate of drug-likeness (QED) is 0.0896. The van der Waals surface area contributed by atoms with Crippen LogP contribution in [0.3, 0.4) is 0 Å². The maximum Gasteiger partial charge on any atom is 4.00 e. The first-order valence-electron chi connectivity index (χ1n) is 4.05. The summed E-state index contributed by atoms with van der Waals surface area (Å²) in [5, 5.41) is 0. The molecule has 35 heavy (non-hydrogen) atoms. The standard InChI is InChI=1S/Ca.K.Mg.6H2O4S.H3P.Si/c;;;6*1-5(2,3)4;;/h;;;6*(H2,1,2,3,4);1H3;/q+2;+1;+2;;;;;;;;+4/p-9. The molecule has 0 aromatic rings. The molecule has 0 aliphatic carbocycles. The van der Waals surface area contributed by atoms with Crippen molar-refractivity contribution in [2.45, 2.75) is 0 Å². The molecule has 0 saturated carbocycles. The van der Waals surface area contributed by atoms with Crippen LogP contribution in [0.2, 0.25) is 0 Å². The minimum absolute atomic E-state index is 0. The second kappa shape index (κ2) is 32.0. The van der Waals surface area contributed by atoms with Crippen molar-refractivity contribution in [2.75, 3.05) is 0 Å². The Labute approximate surface area is 295 Å². The molecule has 0 radical (unpaired) electrons. The van der Waals surface area contributed by atoms with E-state index in [-0.39, 0.29) is 133 Å². The average molecular weight is 745 g/mol. The van der Waals surface area contributed by atoms with Crippen LogP contribution in [-0.4, -0.2) is 177 Å². The van der Waals surface area contributed by atoms with Gasteiger partial charge in [0.2, 0.25) is 10.4 Å². The van der Waals surface area contributed by atoms with Crippen molar-refractivity contribution in [3.8, 4) is 0 Å². The van der Waals surface area contributed by atoms with Crippen LogP contribution >= 0.6 is 9.90 Å². The molecule has 0 heterocycles. The SMILES string of the molecule is O=S(=O)(O)O.O=S(=O)([O-])O.O=S(=O)([O-])[O-].O=S(=O)([O-])[O-].O=S(=O)([O-])[O-].O=S(=O)([O-])[O-].P.[Ca+2].[K+].[Mg+2].[Si+4]. The Bertz CT molecular complexity index is 786. The summed E-state index contributed by atoms with van der Waals surface area (Å²) in [6.45, 7) is 0. The third kappa shape index (κ3) is 3800. The van der Waals surface area contributed by atoms with Crippen molar-refractivity contribution in [1.29, 1.82) is 0 Å². The van der Waals surface area contributed by atoms with Gasteiger partial charge in [-0.1, -0.05) is 0 Å². The van der Waals surface area contributed by atoms with Crippen molar-refractivity contribution < 1.29 is 157 Å². The summed E-state index contributed by atoms with van der Waals surface area (Å²) in [7, 11) is -30.2. The second-order valence-corrected chi connectivity index (χ2v) is 7.53. The summed E-state index contributed by atoms with van der Waals surface area (Å²) in [5.41, 5.74) is 0. The first-order chi connectivity index (χ1) is 12.0. The molecule has 0 saturated heterocycles. The van der Waals surface area contributed by atoms with Crippen LogP contribution in [-0.2, 0) is 62.4 Å². The fourth-order valence-electron chi connectivity index (χ4n) is 0. The number of rotatable bonds is 0. The van der Waals surface area contributed by atoms with Crippen molar-refractivity contribution in [3.05, 3.63) is 0 Å². The Morgan fingerprint density at radius 1 is 0.429 bits per heavy atom. The molecule has 0 aromatic heterocycles. The molecule has 200 valence electrons. The summed E-state index contributed by atoms with van der Waals surface area (Å²) in [6.07, 6.45) is 0. The van der Waals surface area contributed by atoms with Gasteiger partial charge in [-0.3, -0.25) is 47.3 Å². The van der Waals surface area contributed by atoms with E-state index in [1.165, 1.54) is 0 Å². The second-order valence-electron chi connectivity index (χ2n) is 2.51. The molecule has 0 amide bonds. The average Bonchev–Trinajstić information content (AvgIpc) is 1.94. The van der Waals surface area contributed by atoms with Crippen molar-refractivity contribution in [2.24, 2.45) is 0 Å². The van der Waals surface area contributed by atoms with Crippen molar-refractivity contribution >= 4 is 144 Å². The van der Waals surface area contributed by atoms with E-state index in [2.05, 4.69) is 0 Å². The van der Waals surface area contributed by atoms with E-state index in [1.54, 1.807) is 0 Å². The molecule has 0 fully saturated rings. The molecular formula is H6CaKMgO24PS6Si.